The highest BCUT2D eigenvalue weighted by molar-refractivity contribution is 9.09. The van der Waals surface area contributed by atoms with Gasteiger partial charge in [0.25, 0.3) is 0 Å². The van der Waals surface area contributed by atoms with E-state index in [4.69, 9.17) is 5.11 Å². The van der Waals surface area contributed by atoms with E-state index < -0.39 is 0 Å². The van der Waals surface area contributed by atoms with Crippen molar-refractivity contribution in [3.8, 4) is 0 Å². The average Bonchev–Trinajstić information content (AvgIpc) is 2.38. The van der Waals surface area contributed by atoms with Crippen LogP contribution < -0.4 is 0 Å². The Balaban J connectivity index is 2.39. The lowest BCUT2D eigenvalue weighted by molar-refractivity contribution is 0.182. The quantitative estimate of drug-likeness (QED) is 0.707. The molecule has 1 atom stereocenters. The first-order valence-corrected chi connectivity index (χ1v) is 7.81. The zero-order valence-corrected chi connectivity index (χ0v) is 12.8. The summed E-state index contributed by atoms with van der Waals surface area (Å²) in [6.45, 7) is 5.28. The molecule has 0 amide bonds. The number of benzene rings is 1. The van der Waals surface area contributed by atoms with Crippen LogP contribution in [0.4, 0.5) is 0 Å². The maximum Gasteiger partial charge on any atom is 0.0558 e. The Hall–Kier alpha value is -0.380. The summed E-state index contributed by atoms with van der Waals surface area (Å²) in [5.41, 5.74) is 1.32. The van der Waals surface area contributed by atoms with Crippen LogP contribution in [-0.2, 0) is 6.54 Å². The zero-order valence-electron chi connectivity index (χ0n) is 11.2. The highest BCUT2D eigenvalue weighted by atomic mass is 79.9. The molecule has 0 saturated carbocycles. The predicted molar refractivity (Wildman–Crippen MR) is 81.0 cm³/mol. The molecule has 1 rings (SSSR count). The fourth-order valence-corrected chi connectivity index (χ4v) is 2.77. The second kappa shape index (κ2) is 9.54. The van der Waals surface area contributed by atoms with Gasteiger partial charge >= 0.3 is 0 Å². The van der Waals surface area contributed by atoms with Crippen molar-refractivity contribution in [3.63, 3.8) is 0 Å². The van der Waals surface area contributed by atoms with Gasteiger partial charge in [0.05, 0.1) is 6.61 Å². The fraction of sp³-hybridized carbons (Fsp3) is 0.600. The molecule has 1 unspecified atom stereocenters. The van der Waals surface area contributed by atoms with Crippen LogP contribution in [0.3, 0.4) is 0 Å². The van der Waals surface area contributed by atoms with E-state index in [-0.39, 0.29) is 6.61 Å². The third-order valence-electron chi connectivity index (χ3n) is 3.21. The number of nitrogens with zero attached hydrogens (tertiary/aromatic N) is 1. The van der Waals surface area contributed by atoms with Crippen molar-refractivity contribution in [2.45, 2.75) is 26.3 Å². The van der Waals surface area contributed by atoms with Gasteiger partial charge in [0.1, 0.15) is 0 Å². The molecular formula is C15H24BrNO. The van der Waals surface area contributed by atoms with Gasteiger partial charge in [0.2, 0.25) is 0 Å². The average molecular weight is 314 g/mol. The number of alkyl halides is 1. The van der Waals surface area contributed by atoms with E-state index in [1.807, 2.05) is 6.07 Å². The highest BCUT2D eigenvalue weighted by Gasteiger charge is 2.08. The first-order valence-electron chi connectivity index (χ1n) is 6.69. The van der Waals surface area contributed by atoms with Gasteiger partial charge in [-0.2, -0.15) is 0 Å². The van der Waals surface area contributed by atoms with Gasteiger partial charge in [-0.25, -0.2) is 0 Å². The molecule has 0 aliphatic heterocycles. The Morgan fingerprint density at radius 3 is 2.50 bits per heavy atom. The minimum atomic E-state index is 0.236. The van der Waals surface area contributed by atoms with Crippen LogP contribution in [0.1, 0.15) is 25.3 Å². The van der Waals surface area contributed by atoms with E-state index in [0.29, 0.717) is 0 Å². The Morgan fingerprint density at radius 2 is 1.89 bits per heavy atom. The van der Waals surface area contributed by atoms with Crippen LogP contribution in [0.15, 0.2) is 30.3 Å². The SMILES string of the molecule is CC(CCBr)CCN(CCO)Cc1ccccc1. The summed E-state index contributed by atoms with van der Waals surface area (Å²) < 4.78 is 0. The first kappa shape index (κ1) is 15.7. The largest absolute Gasteiger partial charge is 0.395 e. The lowest BCUT2D eigenvalue weighted by Gasteiger charge is -2.23. The third kappa shape index (κ3) is 6.53. The van der Waals surface area contributed by atoms with Crippen LogP contribution in [-0.4, -0.2) is 35.0 Å². The number of aliphatic hydroxyl groups excluding tert-OH is 1. The summed E-state index contributed by atoms with van der Waals surface area (Å²) in [6.07, 6.45) is 2.41. The Kier molecular flexibility index (Phi) is 8.31. The molecule has 0 bridgehead atoms. The van der Waals surface area contributed by atoms with Gasteiger partial charge in [0.15, 0.2) is 0 Å². The van der Waals surface area contributed by atoms with Gasteiger partial charge < -0.3 is 5.11 Å². The molecule has 18 heavy (non-hydrogen) atoms. The van der Waals surface area contributed by atoms with Crippen LogP contribution >= 0.6 is 15.9 Å². The monoisotopic (exact) mass is 313 g/mol. The third-order valence-corrected chi connectivity index (χ3v) is 3.66. The Labute approximate surface area is 119 Å². The van der Waals surface area contributed by atoms with Crippen LogP contribution in [0.5, 0.6) is 0 Å². The molecule has 0 radical (unpaired) electrons. The van der Waals surface area contributed by atoms with E-state index in [1.165, 1.54) is 18.4 Å². The summed E-state index contributed by atoms with van der Waals surface area (Å²) >= 11 is 3.49. The van der Waals surface area contributed by atoms with Gasteiger partial charge in [-0.1, -0.05) is 53.2 Å². The van der Waals surface area contributed by atoms with Gasteiger partial charge in [-0.05, 0) is 30.9 Å². The Bertz CT molecular complexity index is 305. The molecule has 0 fully saturated rings. The van der Waals surface area contributed by atoms with Crippen molar-refractivity contribution < 1.29 is 5.11 Å². The molecule has 0 saturated heterocycles. The number of hydrogen-bond acceptors (Lipinski definition) is 2. The second-order valence-electron chi connectivity index (χ2n) is 4.86. The highest BCUT2D eigenvalue weighted by Crippen LogP contribution is 2.12. The maximum atomic E-state index is 9.13. The fourth-order valence-electron chi connectivity index (χ4n) is 1.99. The number of halogens is 1. The smallest absolute Gasteiger partial charge is 0.0558 e. The standard InChI is InChI=1S/C15H24BrNO/c1-14(7-9-16)8-10-17(11-12-18)13-15-5-3-2-4-6-15/h2-6,14,18H,7-13H2,1H3. The summed E-state index contributed by atoms with van der Waals surface area (Å²) in [6, 6.07) is 10.5. The van der Waals surface area contributed by atoms with Crippen molar-refractivity contribution >= 4 is 15.9 Å². The number of hydrogen-bond donors (Lipinski definition) is 1. The molecule has 0 aliphatic rings. The molecule has 102 valence electrons. The molecule has 1 N–H and O–H groups in total. The van der Waals surface area contributed by atoms with Crippen molar-refractivity contribution in [1.29, 1.82) is 0 Å². The normalized spacial score (nSPS) is 12.9. The van der Waals surface area contributed by atoms with E-state index >= 15 is 0 Å². The van der Waals surface area contributed by atoms with Crippen molar-refractivity contribution in [2.75, 3.05) is 25.0 Å². The van der Waals surface area contributed by atoms with Crippen molar-refractivity contribution in [3.05, 3.63) is 35.9 Å². The molecule has 0 aliphatic carbocycles. The van der Waals surface area contributed by atoms with Crippen LogP contribution in [0, 0.1) is 5.92 Å². The molecule has 0 heterocycles. The summed E-state index contributed by atoms with van der Waals surface area (Å²) in [5.74, 6) is 0.737. The first-order chi connectivity index (χ1) is 8.76. The minimum Gasteiger partial charge on any atom is -0.395 e. The van der Waals surface area contributed by atoms with Gasteiger partial charge in [0, 0.05) is 18.4 Å². The summed E-state index contributed by atoms with van der Waals surface area (Å²) in [4.78, 5) is 2.33. The number of rotatable bonds is 9. The van der Waals surface area contributed by atoms with Crippen LogP contribution in [0.2, 0.25) is 0 Å². The maximum absolute atomic E-state index is 9.13. The topological polar surface area (TPSA) is 23.5 Å². The summed E-state index contributed by atoms with van der Waals surface area (Å²) in [5, 5.41) is 10.2. The lowest BCUT2D eigenvalue weighted by atomic mass is 10.0. The van der Waals surface area contributed by atoms with Gasteiger partial charge in [-0.3, -0.25) is 4.90 Å². The van der Waals surface area contributed by atoms with E-state index in [2.05, 4.69) is 52.0 Å². The number of aliphatic hydroxyl groups is 1. The zero-order chi connectivity index (χ0) is 13.2. The minimum absolute atomic E-state index is 0.236. The lowest BCUT2D eigenvalue weighted by Crippen LogP contribution is -2.28. The molecule has 1 aromatic carbocycles. The summed E-state index contributed by atoms with van der Waals surface area (Å²) in [7, 11) is 0. The van der Waals surface area contributed by atoms with Crippen molar-refractivity contribution in [2.24, 2.45) is 5.92 Å². The Morgan fingerprint density at radius 1 is 1.17 bits per heavy atom. The molecule has 1 aromatic rings. The van der Waals surface area contributed by atoms with Crippen molar-refractivity contribution in [1.82, 2.24) is 4.90 Å². The van der Waals surface area contributed by atoms with Crippen LogP contribution in [0.25, 0.3) is 0 Å². The molecule has 3 heteroatoms. The molecule has 0 aromatic heterocycles. The molecule has 2 nitrogen and oxygen atoms in total. The van der Waals surface area contributed by atoms with E-state index in [9.17, 15) is 0 Å². The second-order valence-corrected chi connectivity index (χ2v) is 5.65. The molecular weight excluding hydrogens is 290 g/mol. The van der Waals surface area contributed by atoms with E-state index in [1.54, 1.807) is 0 Å². The predicted octanol–water partition coefficient (Wildman–Crippen LogP) is 3.29. The molecule has 0 spiro atoms. The van der Waals surface area contributed by atoms with Gasteiger partial charge in [-0.15, -0.1) is 0 Å². The van der Waals surface area contributed by atoms with E-state index in [0.717, 1.165) is 30.9 Å².